The lowest BCUT2D eigenvalue weighted by molar-refractivity contribution is -0.903. The van der Waals surface area contributed by atoms with Crippen LogP contribution in [-0.2, 0) is 11.3 Å². The second kappa shape index (κ2) is 13.1. The Morgan fingerprint density at radius 2 is 1.32 bits per heavy atom. The summed E-state index contributed by atoms with van der Waals surface area (Å²) in [7, 11) is 4.12. The molecule has 0 saturated heterocycles. The Balaban J connectivity index is 2.24. The van der Waals surface area contributed by atoms with Crippen LogP contribution in [0.4, 0.5) is 0 Å². The Hall–Kier alpha value is -1.15. The van der Waals surface area contributed by atoms with Gasteiger partial charge in [-0.3, -0.25) is 0 Å². The van der Waals surface area contributed by atoms with E-state index in [1.165, 1.54) is 51.4 Å². The summed E-state index contributed by atoms with van der Waals surface area (Å²) in [6.07, 6.45) is 12.7. The molecule has 0 aromatic heterocycles. The molecular formula is C23H40NO+. The van der Waals surface area contributed by atoms with E-state index in [0.29, 0.717) is 22.4 Å². The number of rotatable bonds is 15. The van der Waals surface area contributed by atoms with Crippen molar-refractivity contribution in [1.29, 1.82) is 0 Å². The van der Waals surface area contributed by atoms with Crippen LogP contribution in [0.15, 0.2) is 30.2 Å². The van der Waals surface area contributed by atoms with Gasteiger partial charge < -0.3 is 9.28 Å². The van der Waals surface area contributed by atoms with E-state index in [1.54, 1.807) is 6.92 Å². The normalized spacial score (nSPS) is 14.4. The molecule has 0 aliphatic carbocycles. The minimum Gasteiger partial charge on any atom is -0.325 e. The van der Waals surface area contributed by atoms with Crippen LogP contribution in [0.5, 0.6) is 0 Å². The summed E-state index contributed by atoms with van der Waals surface area (Å²) in [6.45, 7) is 3.04. The smallest absolute Gasteiger partial charge is 0.129 e. The van der Waals surface area contributed by atoms with Crippen molar-refractivity contribution in [3.63, 3.8) is 0 Å². The summed E-state index contributed by atoms with van der Waals surface area (Å²) in [6, 6.07) is -0.966. The molecule has 2 nitrogen and oxygen atoms in total. The number of Topliss-reactive ketones (excluding diaryl/α,β-unsaturated/α-hetero) is 1. The second-order valence-electron chi connectivity index (χ2n) is 7.91. The number of nitrogens with zero attached hydrogens (tertiary/aromatic N) is 1. The predicted octanol–water partition coefficient (Wildman–Crippen LogP) is 6.14. The molecule has 0 bridgehead atoms. The number of quaternary nitrogens is 1. The molecule has 0 heterocycles. The number of hydrogen-bond donors (Lipinski definition) is 0. The number of hydrogen-bond acceptors (Lipinski definition) is 1. The fourth-order valence-corrected chi connectivity index (χ4v) is 3.19. The highest BCUT2D eigenvalue weighted by Crippen LogP contribution is 2.14. The topological polar surface area (TPSA) is 17.1 Å². The zero-order valence-electron chi connectivity index (χ0n) is 21.5. The van der Waals surface area contributed by atoms with E-state index < -0.39 is 0 Å². The SMILES string of the molecule is [2H]c1c([2H])c([2H])c(C[N+](C)(C)CCCCCCCCCCCCC(C)=O)c([2H])c1[2H]. The van der Waals surface area contributed by atoms with Crippen molar-refractivity contribution in [3.05, 3.63) is 35.8 Å². The Morgan fingerprint density at radius 1 is 0.840 bits per heavy atom. The fraction of sp³-hybridized carbons (Fsp3) is 0.696. The Kier molecular flexibility index (Phi) is 7.84. The van der Waals surface area contributed by atoms with E-state index in [4.69, 9.17) is 6.85 Å². The van der Waals surface area contributed by atoms with Gasteiger partial charge in [-0.2, -0.15) is 0 Å². The first-order valence-electron chi connectivity index (χ1n) is 12.4. The molecule has 1 aromatic rings. The lowest BCUT2D eigenvalue weighted by Gasteiger charge is -2.30. The summed E-state index contributed by atoms with van der Waals surface area (Å²) in [5.74, 6) is 0.296. The van der Waals surface area contributed by atoms with E-state index >= 15 is 0 Å². The molecular weight excluding hydrogens is 306 g/mol. The summed E-state index contributed by atoms with van der Waals surface area (Å²) in [5, 5.41) is 0. The minimum absolute atomic E-state index is 0.0755. The van der Waals surface area contributed by atoms with Gasteiger partial charge in [0, 0.05) is 12.0 Å². The number of carbonyl (C=O) groups excluding carboxylic acids is 1. The molecule has 0 N–H and O–H groups in total. The maximum absolute atomic E-state index is 10.9. The van der Waals surface area contributed by atoms with Crippen molar-refractivity contribution >= 4 is 5.78 Å². The lowest BCUT2D eigenvalue weighted by atomic mass is 10.0. The first-order valence-corrected chi connectivity index (χ1v) is 9.94. The molecule has 1 rings (SSSR count). The van der Waals surface area contributed by atoms with Gasteiger partial charge in [0.15, 0.2) is 0 Å². The van der Waals surface area contributed by atoms with Crippen molar-refractivity contribution in [3.8, 4) is 0 Å². The summed E-state index contributed by atoms with van der Waals surface area (Å²) < 4.78 is 40.2. The molecule has 0 aliphatic rings. The number of ketones is 1. The van der Waals surface area contributed by atoms with Crippen molar-refractivity contribution in [2.45, 2.75) is 84.1 Å². The summed E-state index contributed by atoms with van der Waals surface area (Å²) >= 11 is 0. The maximum atomic E-state index is 10.9. The Labute approximate surface area is 163 Å². The van der Waals surface area contributed by atoms with E-state index in [1.807, 2.05) is 0 Å². The molecule has 1 aromatic carbocycles. The van der Waals surface area contributed by atoms with E-state index in [-0.39, 0.29) is 30.2 Å². The molecule has 0 radical (unpaired) electrons. The fourth-order valence-electron chi connectivity index (χ4n) is 3.19. The Bertz CT molecular complexity index is 662. The number of benzene rings is 1. The predicted molar refractivity (Wildman–Crippen MR) is 109 cm³/mol. The van der Waals surface area contributed by atoms with Crippen LogP contribution in [0.1, 0.15) is 90.0 Å². The highest BCUT2D eigenvalue weighted by molar-refractivity contribution is 5.75. The van der Waals surface area contributed by atoms with Crippen LogP contribution in [0.2, 0.25) is 0 Å². The van der Waals surface area contributed by atoms with Crippen LogP contribution in [-0.4, -0.2) is 30.9 Å². The van der Waals surface area contributed by atoms with Crippen LogP contribution in [0.25, 0.3) is 0 Å². The van der Waals surface area contributed by atoms with Gasteiger partial charge in [-0.15, -0.1) is 0 Å². The van der Waals surface area contributed by atoms with Crippen LogP contribution in [0, 0.1) is 0 Å². The van der Waals surface area contributed by atoms with Gasteiger partial charge in [-0.1, -0.05) is 75.2 Å². The molecule has 0 fully saturated rings. The maximum Gasteiger partial charge on any atom is 0.129 e. The van der Waals surface area contributed by atoms with Gasteiger partial charge in [0.05, 0.1) is 27.5 Å². The van der Waals surface area contributed by atoms with Gasteiger partial charge in [0.2, 0.25) is 0 Å². The zero-order valence-corrected chi connectivity index (χ0v) is 16.5. The largest absolute Gasteiger partial charge is 0.325 e. The molecule has 0 amide bonds. The number of carbonyl (C=O) groups is 1. The van der Waals surface area contributed by atoms with Crippen molar-refractivity contribution in [1.82, 2.24) is 0 Å². The summed E-state index contributed by atoms with van der Waals surface area (Å²) in [4.78, 5) is 10.9. The second-order valence-corrected chi connectivity index (χ2v) is 7.91. The molecule has 142 valence electrons. The first-order chi connectivity index (χ1) is 14.1. The molecule has 25 heavy (non-hydrogen) atoms. The average molecular weight is 352 g/mol. The summed E-state index contributed by atoms with van der Waals surface area (Å²) in [5.41, 5.74) is 0.411. The molecule has 0 saturated carbocycles. The Morgan fingerprint density at radius 3 is 1.84 bits per heavy atom. The third-order valence-corrected chi connectivity index (χ3v) is 4.68. The highest BCUT2D eigenvalue weighted by atomic mass is 16.1. The van der Waals surface area contributed by atoms with Gasteiger partial charge in [0.25, 0.3) is 0 Å². The number of unbranched alkanes of at least 4 members (excludes halogenated alkanes) is 9. The minimum atomic E-state index is -0.324. The van der Waals surface area contributed by atoms with E-state index in [9.17, 15) is 4.79 Å². The van der Waals surface area contributed by atoms with Crippen LogP contribution >= 0.6 is 0 Å². The van der Waals surface area contributed by atoms with Gasteiger partial charge in [-0.25, -0.2) is 0 Å². The highest BCUT2D eigenvalue weighted by Gasteiger charge is 2.14. The van der Waals surface area contributed by atoms with Gasteiger partial charge in [-0.05, 0) is 26.2 Å². The molecule has 2 heteroatoms. The monoisotopic (exact) mass is 351 g/mol. The lowest BCUT2D eigenvalue weighted by Crippen LogP contribution is -2.39. The molecule has 0 spiro atoms. The van der Waals surface area contributed by atoms with Gasteiger partial charge >= 0.3 is 0 Å². The average Bonchev–Trinajstić information content (AvgIpc) is 2.68. The zero-order chi connectivity index (χ0) is 22.7. The quantitative estimate of drug-likeness (QED) is 0.274. The van der Waals surface area contributed by atoms with Gasteiger partial charge in [0.1, 0.15) is 12.3 Å². The van der Waals surface area contributed by atoms with Crippen molar-refractivity contribution in [2.24, 2.45) is 0 Å². The third kappa shape index (κ3) is 12.8. The molecule has 0 unspecified atom stereocenters. The molecule has 0 aliphatic heterocycles. The van der Waals surface area contributed by atoms with E-state index in [0.717, 1.165) is 25.8 Å². The van der Waals surface area contributed by atoms with Crippen LogP contribution < -0.4 is 0 Å². The van der Waals surface area contributed by atoms with Crippen molar-refractivity contribution in [2.75, 3.05) is 20.6 Å². The molecule has 0 atom stereocenters. The third-order valence-electron chi connectivity index (χ3n) is 4.68. The standard InChI is InChI=1S/C23H40NO/c1-22(25)17-13-10-8-6-4-5-7-9-11-16-20-24(2,3)21-23-18-14-12-15-19-23/h12,14-15,18-19H,4-11,13,16-17,20-21H2,1-3H3/q+1/i12D,14D,15D,18D,19D. The van der Waals surface area contributed by atoms with Crippen LogP contribution in [0.3, 0.4) is 0 Å². The first kappa shape index (κ1) is 15.0. The van der Waals surface area contributed by atoms with E-state index in [2.05, 4.69) is 14.1 Å². The van der Waals surface area contributed by atoms with Crippen molar-refractivity contribution < 1.29 is 16.1 Å².